The standard InChI is InChI=1S/C7H15N3O.ClH/c1-6-4-9-2-3-10(6)5-7(8)11;/h6,9H,2-5H2,1H3,(H2,8,11);1H. The fourth-order valence-corrected chi connectivity index (χ4v) is 1.32. The zero-order chi connectivity index (χ0) is 8.27. The van der Waals surface area contributed by atoms with E-state index in [1.54, 1.807) is 0 Å². The molecule has 0 aromatic carbocycles. The molecule has 3 N–H and O–H groups in total. The number of piperazine rings is 1. The molecule has 0 aromatic rings. The molecule has 0 aliphatic carbocycles. The van der Waals surface area contributed by atoms with E-state index in [0.29, 0.717) is 12.6 Å². The lowest BCUT2D eigenvalue weighted by molar-refractivity contribution is -0.119. The van der Waals surface area contributed by atoms with Crippen LogP contribution < -0.4 is 11.1 Å². The number of primary amides is 1. The lowest BCUT2D eigenvalue weighted by Crippen LogP contribution is -2.52. The number of halogens is 1. The molecule has 0 radical (unpaired) electrons. The minimum Gasteiger partial charge on any atom is -0.369 e. The van der Waals surface area contributed by atoms with Gasteiger partial charge in [0.25, 0.3) is 0 Å². The first-order valence-electron chi connectivity index (χ1n) is 3.93. The normalized spacial score (nSPS) is 24.6. The van der Waals surface area contributed by atoms with Crippen molar-refractivity contribution in [2.24, 2.45) is 5.73 Å². The van der Waals surface area contributed by atoms with Crippen LogP contribution >= 0.6 is 12.4 Å². The summed E-state index contributed by atoms with van der Waals surface area (Å²) < 4.78 is 0. The predicted octanol–water partition coefficient (Wildman–Crippen LogP) is -0.813. The Balaban J connectivity index is 0.00000121. The van der Waals surface area contributed by atoms with Crippen molar-refractivity contribution < 1.29 is 4.79 Å². The van der Waals surface area contributed by atoms with Gasteiger partial charge in [-0.2, -0.15) is 0 Å². The number of hydrogen-bond donors (Lipinski definition) is 2. The third kappa shape index (κ3) is 3.38. The van der Waals surface area contributed by atoms with Crippen molar-refractivity contribution in [3.05, 3.63) is 0 Å². The fraction of sp³-hybridized carbons (Fsp3) is 0.857. The zero-order valence-corrected chi connectivity index (χ0v) is 8.06. The van der Waals surface area contributed by atoms with E-state index in [0.717, 1.165) is 19.6 Å². The molecule has 5 heteroatoms. The van der Waals surface area contributed by atoms with Crippen LogP contribution in [0, 0.1) is 0 Å². The molecule has 1 fully saturated rings. The number of carbonyl (C=O) groups excluding carboxylic acids is 1. The minimum absolute atomic E-state index is 0. The third-order valence-electron chi connectivity index (χ3n) is 2.00. The number of amides is 1. The van der Waals surface area contributed by atoms with Gasteiger partial charge in [-0.25, -0.2) is 0 Å². The third-order valence-corrected chi connectivity index (χ3v) is 2.00. The van der Waals surface area contributed by atoms with E-state index in [9.17, 15) is 4.79 Å². The van der Waals surface area contributed by atoms with Crippen LogP contribution in [0.15, 0.2) is 0 Å². The molecule has 1 heterocycles. The SMILES string of the molecule is CC1CNCCN1CC(N)=O.Cl. The second kappa shape index (κ2) is 5.35. The minimum atomic E-state index is -0.237. The quantitative estimate of drug-likeness (QED) is 0.603. The predicted molar refractivity (Wildman–Crippen MR) is 50.3 cm³/mol. The molecule has 72 valence electrons. The van der Waals surface area contributed by atoms with E-state index in [-0.39, 0.29) is 18.3 Å². The van der Waals surface area contributed by atoms with E-state index in [4.69, 9.17) is 5.73 Å². The molecule has 1 atom stereocenters. The van der Waals surface area contributed by atoms with Gasteiger partial charge in [0.2, 0.25) is 5.91 Å². The number of rotatable bonds is 2. The van der Waals surface area contributed by atoms with Gasteiger partial charge in [-0.05, 0) is 6.92 Å². The summed E-state index contributed by atoms with van der Waals surface area (Å²) in [5, 5.41) is 3.24. The second-order valence-electron chi connectivity index (χ2n) is 2.99. The molecular weight excluding hydrogens is 178 g/mol. The molecule has 1 unspecified atom stereocenters. The van der Waals surface area contributed by atoms with Gasteiger partial charge < -0.3 is 11.1 Å². The highest BCUT2D eigenvalue weighted by Crippen LogP contribution is 2.00. The highest BCUT2D eigenvalue weighted by molar-refractivity contribution is 5.85. The van der Waals surface area contributed by atoms with Crippen LogP contribution in [0.4, 0.5) is 0 Å². The Morgan fingerprint density at radius 1 is 1.75 bits per heavy atom. The lowest BCUT2D eigenvalue weighted by Gasteiger charge is -2.32. The van der Waals surface area contributed by atoms with Crippen LogP contribution in [0.3, 0.4) is 0 Å². The smallest absolute Gasteiger partial charge is 0.231 e. The zero-order valence-electron chi connectivity index (χ0n) is 7.25. The van der Waals surface area contributed by atoms with Gasteiger partial charge in [-0.3, -0.25) is 9.69 Å². The van der Waals surface area contributed by atoms with Gasteiger partial charge in [-0.15, -0.1) is 12.4 Å². The molecule has 0 bridgehead atoms. The number of nitrogens with two attached hydrogens (primary N) is 1. The molecule has 1 aliphatic heterocycles. The summed E-state index contributed by atoms with van der Waals surface area (Å²) >= 11 is 0. The Labute approximate surface area is 78.9 Å². The van der Waals surface area contributed by atoms with Gasteiger partial charge in [-0.1, -0.05) is 0 Å². The monoisotopic (exact) mass is 193 g/mol. The summed E-state index contributed by atoms with van der Waals surface area (Å²) in [4.78, 5) is 12.7. The van der Waals surface area contributed by atoms with Gasteiger partial charge >= 0.3 is 0 Å². The van der Waals surface area contributed by atoms with Crippen LogP contribution in [-0.4, -0.2) is 43.0 Å². The van der Waals surface area contributed by atoms with Gasteiger partial charge in [0.1, 0.15) is 0 Å². The van der Waals surface area contributed by atoms with E-state index in [1.165, 1.54) is 0 Å². The van der Waals surface area contributed by atoms with Gasteiger partial charge in [0.05, 0.1) is 6.54 Å². The van der Waals surface area contributed by atoms with E-state index >= 15 is 0 Å². The first kappa shape index (κ1) is 11.7. The highest BCUT2D eigenvalue weighted by atomic mass is 35.5. The molecule has 1 saturated heterocycles. The van der Waals surface area contributed by atoms with Crippen LogP contribution in [-0.2, 0) is 4.79 Å². The topological polar surface area (TPSA) is 58.4 Å². The average molecular weight is 194 g/mol. The molecule has 0 aromatic heterocycles. The van der Waals surface area contributed by atoms with Crippen LogP contribution in [0.1, 0.15) is 6.92 Å². The first-order valence-corrected chi connectivity index (χ1v) is 3.93. The Hall–Kier alpha value is -0.320. The van der Waals surface area contributed by atoms with Crippen molar-refractivity contribution in [3.63, 3.8) is 0 Å². The van der Waals surface area contributed by atoms with Crippen LogP contribution in [0.5, 0.6) is 0 Å². The van der Waals surface area contributed by atoms with E-state index in [1.807, 2.05) is 0 Å². The van der Waals surface area contributed by atoms with Gasteiger partial charge in [0, 0.05) is 25.7 Å². The molecule has 4 nitrogen and oxygen atoms in total. The van der Waals surface area contributed by atoms with E-state index < -0.39 is 0 Å². The second-order valence-corrected chi connectivity index (χ2v) is 2.99. The molecule has 1 rings (SSSR count). The van der Waals surface area contributed by atoms with E-state index in [2.05, 4.69) is 17.1 Å². The average Bonchev–Trinajstić information content (AvgIpc) is 1.93. The van der Waals surface area contributed by atoms with Crippen molar-refractivity contribution in [3.8, 4) is 0 Å². The van der Waals surface area contributed by atoms with Crippen molar-refractivity contribution in [2.75, 3.05) is 26.2 Å². The summed E-state index contributed by atoms with van der Waals surface area (Å²) in [7, 11) is 0. The van der Waals surface area contributed by atoms with Crippen LogP contribution in [0.2, 0.25) is 0 Å². The Bertz CT molecular complexity index is 154. The van der Waals surface area contributed by atoms with Crippen molar-refractivity contribution >= 4 is 18.3 Å². The molecule has 0 saturated carbocycles. The Morgan fingerprint density at radius 2 is 2.42 bits per heavy atom. The maximum absolute atomic E-state index is 10.6. The van der Waals surface area contributed by atoms with Gasteiger partial charge in [0.15, 0.2) is 0 Å². The first-order chi connectivity index (χ1) is 5.20. The number of carbonyl (C=O) groups is 1. The number of nitrogens with zero attached hydrogens (tertiary/aromatic N) is 1. The molecule has 12 heavy (non-hydrogen) atoms. The largest absolute Gasteiger partial charge is 0.369 e. The fourth-order valence-electron chi connectivity index (χ4n) is 1.32. The summed E-state index contributed by atoms with van der Waals surface area (Å²) in [5.41, 5.74) is 5.08. The van der Waals surface area contributed by atoms with Crippen molar-refractivity contribution in [2.45, 2.75) is 13.0 Å². The molecular formula is C7H16ClN3O. The Morgan fingerprint density at radius 3 is 2.92 bits per heavy atom. The molecule has 1 aliphatic rings. The molecule has 0 spiro atoms. The summed E-state index contributed by atoms with van der Waals surface area (Å²) in [6, 6.07) is 0.427. The van der Waals surface area contributed by atoms with Crippen molar-refractivity contribution in [1.29, 1.82) is 0 Å². The van der Waals surface area contributed by atoms with Crippen LogP contribution in [0.25, 0.3) is 0 Å². The molecule has 1 amide bonds. The number of nitrogens with one attached hydrogen (secondary N) is 1. The summed E-state index contributed by atoms with van der Waals surface area (Å²) in [6.45, 7) is 5.31. The van der Waals surface area contributed by atoms with Crippen molar-refractivity contribution in [1.82, 2.24) is 10.2 Å². The highest BCUT2D eigenvalue weighted by Gasteiger charge is 2.18. The number of hydrogen-bond acceptors (Lipinski definition) is 3. The lowest BCUT2D eigenvalue weighted by atomic mass is 10.2. The summed E-state index contributed by atoms with van der Waals surface area (Å²) in [6.07, 6.45) is 0. The summed E-state index contributed by atoms with van der Waals surface area (Å²) in [5.74, 6) is -0.237. The Kier molecular flexibility index (Phi) is 5.20. The maximum atomic E-state index is 10.6. The maximum Gasteiger partial charge on any atom is 0.231 e.